The Balaban J connectivity index is 1.26. The summed E-state index contributed by atoms with van der Waals surface area (Å²) >= 11 is 1.12. The van der Waals surface area contributed by atoms with E-state index in [1.165, 1.54) is 0 Å². The summed E-state index contributed by atoms with van der Waals surface area (Å²) in [5, 5.41) is 34.6. The molecule has 0 radical (unpaired) electrons. The van der Waals surface area contributed by atoms with Gasteiger partial charge in [-0.3, -0.25) is 9.59 Å². The lowest BCUT2D eigenvalue weighted by Crippen LogP contribution is -2.65. The number of ketones is 1. The Kier molecular flexibility index (Phi) is 14.8. The molecule has 0 saturated carbocycles. The van der Waals surface area contributed by atoms with E-state index >= 15 is 0 Å². The summed E-state index contributed by atoms with van der Waals surface area (Å²) in [5.41, 5.74) is -1.83. The highest BCUT2D eigenvalue weighted by molar-refractivity contribution is 7.91. The molecule has 0 bridgehead atoms. The highest BCUT2D eigenvalue weighted by atomic mass is 32.2. The zero-order valence-electron chi connectivity index (χ0n) is 37.9. The maximum absolute atomic E-state index is 14.7. The van der Waals surface area contributed by atoms with Gasteiger partial charge in [-0.1, -0.05) is 67.5 Å². The molecule has 0 aromatic carbocycles. The van der Waals surface area contributed by atoms with Gasteiger partial charge in [0.05, 0.1) is 59.8 Å². The maximum atomic E-state index is 14.7. The molecule has 13 nitrogen and oxygen atoms in total. The summed E-state index contributed by atoms with van der Waals surface area (Å²) < 4.78 is 65.0. The summed E-state index contributed by atoms with van der Waals surface area (Å²) in [6, 6.07) is 2.31. The molecule has 15 heteroatoms. The van der Waals surface area contributed by atoms with Gasteiger partial charge in [0.25, 0.3) is 10.0 Å². The number of hydrogen-bond acceptors (Lipinski definition) is 12. The Labute approximate surface area is 367 Å². The minimum atomic E-state index is -3.97. The fourth-order valence-corrected chi connectivity index (χ4v) is 13.5. The molecule has 4 saturated heterocycles. The molecule has 1 aromatic rings. The second-order valence-corrected chi connectivity index (χ2v) is 22.4. The Morgan fingerprint density at radius 3 is 2.26 bits per heavy atom. The minimum Gasteiger partial charge on any atom is -0.481 e. The van der Waals surface area contributed by atoms with E-state index in [0.717, 1.165) is 17.8 Å². The van der Waals surface area contributed by atoms with Gasteiger partial charge in [-0.05, 0) is 101 Å². The summed E-state index contributed by atoms with van der Waals surface area (Å²) in [4.78, 5) is 26.7. The van der Waals surface area contributed by atoms with Gasteiger partial charge in [-0.2, -0.15) is 4.72 Å². The molecule has 4 N–H and O–H groups in total. The number of Topliss-reactive ketones (excluding diaryl/α,β-unsaturated/α-hetero) is 1. The molecule has 61 heavy (non-hydrogen) atoms. The zero-order valence-corrected chi connectivity index (χ0v) is 39.5. The molecule has 5 aliphatic heterocycles. The van der Waals surface area contributed by atoms with Crippen LogP contribution in [0.5, 0.6) is 0 Å². The van der Waals surface area contributed by atoms with Crippen molar-refractivity contribution in [1.82, 2.24) is 4.72 Å². The molecule has 4 fully saturated rings. The third-order valence-electron chi connectivity index (χ3n) is 15.5. The first-order valence-electron chi connectivity index (χ1n) is 22.9. The van der Waals surface area contributed by atoms with Crippen molar-refractivity contribution in [3.63, 3.8) is 0 Å². The second kappa shape index (κ2) is 18.6. The number of nitrogens with one attached hydrogen (secondary N) is 1. The number of sulfonamides is 1. The largest absolute Gasteiger partial charge is 0.481 e. The number of aliphatic hydroxyl groups excluding tert-OH is 1. The van der Waals surface area contributed by atoms with E-state index in [9.17, 15) is 33.3 Å². The summed E-state index contributed by atoms with van der Waals surface area (Å²) in [6.07, 6.45) is 5.64. The van der Waals surface area contributed by atoms with Gasteiger partial charge in [0.1, 0.15) is 9.99 Å². The Morgan fingerprint density at radius 2 is 1.66 bits per heavy atom. The average molecular weight is 896 g/mol. The smallest absolute Gasteiger partial charge is 0.309 e. The summed E-state index contributed by atoms with van der Waals surface area (Å²) in [6.45, 7) is 19.4. The van der Waals surface area contributed by atoms with E-state index in [4.69, 9.17) is 23.7 Å². The lowest BCUT2D eigenvalue weighted by Gasteiger charge is -2.55. The average Bonchev–Trinajstić information content (AvgIpc) is 3.89. The van der Waals surface area contributed by atoms with Gasteiger partial charge in [0.2, 0.25) is 0 Å². The number of thiophene rings is 1. The van der Waals surface area contributed by atoms with Crippen molar-refractivity contribution in [2.24, 2.45) is 41.4 Å². The number of carboxylic acids is 1. The third kappa shape index (κ3) is 9.36. The third-order valence-corrected chi connectivity index (χ3v) is 18.4. The van der Waals surface area contributed by atoms with Crippen molar-refractivity contribution in [2.45, 2.75) is 203 Å². The topological polar surface area (TPSA) is 187 Å². The fourth-order valence-electron chi connectivity index (χ4n) is 11.3. The van der Waals surface area contributed by atoms with E-state index < -0.39 is 99.0 Å². The van der Waals surface area contributed by atoms with Gasteiger partial charge < -0.3 is 39.0 Å². The predicted molar refractivity (Wildman–Crippen MR) is 231 cm³/mol. The van der Waals surface area contributed by atoms with Crippen LogP contribution < -0.4 is 4.72 Å². The van der Waals surface area contributed by atoms with Crippen LogP contribution in [0.1, 0.15) is 133 Å². The molecule has 2 spiro atoms. The van der Waals surface area contributed by atoms with Crippen LogP contribution in [0.4, 0.5) is 0 Å². The van der Waals surface area contributed by atoms with Crippen LogP contribution in [0.3, 0.4) is 0 Å². The van der Waals surface area contributed by atoms with Crippen molar-refractivity contribution >= 4 is 33.1 Å². The Bertz CT molecular complexity index is 1830. The van der Waals surface area contributed by atoms with E-state index in [0.29, 0.717) is 57.8 Å². The van der Waals surface area contributed by atoms with Crippen LogP contribution in [0.2, 0.25) is 0 Å². The van der Waals surface area contributed by atoms with Crippen molar-refractivity contribution < 1.29 is 57.0 Å². The van der Waals surface area contributed by atoms with Crippen molar-refractivity contribution in [3.8, 4) is 0 Å². The molecule has 5 aliphatic rings. The predicted octanol–water partition coefficient (Wildman–Crippen LogP) is 7.24. The number of carbonyl (C=O) groups is 2. The van der Waals surface area contributed by atoms with Crippen molar-refractivity contribution in [3.05, 3.63) is 29.7 Å². The van der Waals surface area contributed by atoms with Crippen LogP contribution in [0.25, 0.3) is 0 Å². The fraction of sp³-hybridized carbons (Fsp3) is 0.826. The van der Waals surface area contributed by atoms with Gasteiger partial charge in [-0.25, -0.2) is 8.42 Å². The minimum absolute atomic E-state index is 0.0621. The van der Waals surface area contributed by atoms with Gasteiger partial charge in [0.15, 0.2) is 11.6 Å². The monoisotopic (exact) mass is 895 g/mol. The first-order chi connectivity index (χ1) is 28.6. The quantitative estimate of drug-likeness (QED) is 0.130. The normalized spacial score (nSPS) is 41.9. The lowest BCUT2D eigenvalue weighted by molar-refractivity contribution is -0.397. The standard InChI is InChI=1S/C46H73NO12S2/c1-11-32(42(50)51)34-17-16-26(4)40(56-34)30(8)38(48)29(7)39(49)33(12-2)41-27(5)25-28(6)45(57-41)21-18-35(47-61(53,54)37-15-14-24-60-37)46(59-45)23-22-43(10,58-46)36-19-20-44(52,13-3)31(9)55-36/h14-15,18,21,24,26-36,38,40-41,47-48,52H,11-13,16-17,19-20,22-23,25H2,1-10H3,(H,50,51)/t26-,27-,28+,29-,30-,31-,32+,33?,34+,35+,36+,38+,40+,41-,43-,44+,45-,46-/m0/s1. The molecule has 0 amide bonds. The maximum Gasteiger partial charge on any atom is 0.309 e. The van der Waals surface area contributed by atoms with Gasteiger partial charge in [-0.15, -0.1) is 11.3 Å². The number of carbonyl (C=O) groups excluding carboxylic acids is 1. The molecule has 346 valence electrons. The molecule has 1 unspecified atom stereocenters. The zero-order chi connectivity index (χ0) is 44.9. The highest BCUT2D eigenvalue weighted by Crippen LogP contribution is 2.54. The Hall–Kier alpha value is -1.79. The number of aliphatic hydroxyl groups is 2. The molecule has 6 rings (SSSR count). The first-order valence-corrected chi connectivity index (χ1v) is 25.3. The van der Waals surface area contributed by atoms with Crippen LogP contribution in [0, 0.1) is 41.4 Å². The van der Waals surface area contributed by atoms with Crippen molar-refractivity contribution in [1.29, 1.82) is 0 Å². The summed E-state index contributed by atoms with van der Waals surface area (Å²) in [5.74, 6) is -6.53. The van der Waals surface area contributed by atoms with E-state index in [-0.39, 0.29) is 33.9 Å². The number of aliphatic carboxylic acids is 1. The SMILES string of the molecule is CCC(C(=O)[C@@H](C)[C@@H](O)[C@H](C)[C@@H]1O[C@@H]([C@@H](CC)C(=O)O)CC[C@@H]1C)[C@H]1O[C@]2(C=C[C@@H](NS(=O)(=O)c3cccs3)[C@]3(CC[C@@](C)([C@H]4CC[C@](O)(CC)[C@H](C)O4)O3)O2)[C@H](C)C[C@@H]1C. The van der Waals surface area contributed by atoms with Crippen LogP contribution in [-0.2, 0) is 43.3 Å². The van der Waals surface area contributed by atoms with Gasteiger partial charge in [0, 0.05) is 30.1 Å². The van der Waals surface area contributed by atoms with E-state index in [1.54, 1.807) is 36.6 Å². The second-order valence-electron chi connectivity index (χ2n) is 19.5. The molecular weight excluding hydrogens is 823 g/mol. The van der Waals surface area contributed by atoms with E-state index in [1.807, 2.05) is 48.5 Å². The lowest BCUT2D eigenvalue weighted by atomic mass is 9.72. The molecule has 1 aromatic heterocycles. The van der Waals surface area contributed by atoms with Gasteiger partial charge >= 0.3 is 5.97 Å². The van der Waals surface area contributed by atoms with Crippen molar-refractivity contribution in [2.75, 3.05) is 0 Å². The number of hydrogen-bond donors (Lipinski definition) is 4. The molecule has 6 heterocycles. The molecule has 18 atom stereocenters. The summed E-state index contributed by atoms with van der Waals surface area (Å²) in [7, 11) is -3.97. The first kappa shape index (κ1) is 48.7. The number of rotatable bonds is 15. The van der Waals surface area contributed by atoms with Crippen LogP contribution in [0.15, 0.2) is 33.9 Å². The Morgan fingerprint density at radius 1 is 0.951 bits per heavy atom. The highest BCUT2D eigenvalue weighted by Gasteiger charge is 2.64. The van der Waals surface area contributed by atoms with E-state index in [2.05, 4.69) is 18.6 Å². The van der Waals surface area contributed by atoms with Crippen LogP contribution >= 0.6 is 11.3 Å². The number of ether oxygens (including phenoxy) is 5. The number of carboxylic acid groups (broad SMARTS) is 1. The molecule has 0 aliphatic carbocycles. The molecular formula is C46H73NO12S2. The van der Waals surface area contributed by atoms with Crippen LogP contribution in [-0.4, -0.2) is 101 Å².